The Balaban J connectivity index is 1.49. The van der Waals surface area contributed by atoms with E-state index in [1.54, 1.807) is 0 Å². The van der Waals surface area contributed by atoms with E-state index < -0.39 is 6.16 Å². The van der Waals surface area contributed by atoms with Crippen molar-refractivity contribution in [3.63, 3.8) is 0 Å². The van der Waals surface area contributed by atoms with Crippen LogP contribution in [0, 0.1) is 11.8 Å². The lowest BCUT2D eigenvalue weighted by Gasteiger charge is -2.18. The number of carbonyl (C=O) groups is 2. The summed E-state index contributed by atoms with van der Waals surface area (Å²) in [5.41, 5.74) is 0.515. The van der Waals surface area contributed by atoms with Gasteiger partial charge in [-0.25, -0.2) is 4.79 Å². The van der Waals surface area contributed by atoms with Crippen LogP contribution in [0.3, 0.4) is 0 Å². The van der Waals surface area contributed by atoms with Crippen molar-refractivity contribution >= 4 is 12.1 Å². The lowest BCUT2D eigenvalue weighted by atomic mass is 10.2. The Labute approximate surface area is 99.3 Å². The lowest BCUT2D eigenvalue weighted by Crippen LogP contribution is -2.29. The predicted octanol–water partition coefficient (Wildman–Crippen LogP) is 1.99. The zero-order chi connectivity index (χ0) is 12.0. The van der Waals surface area contributed by atoms with Crippen LogP contribution in [0.1, 0.15) is 32.1 Å². The molecule has 92 valence electrons. The first-order valence-electron chi connectivity index (χ1n) is 6.03. The standard InChI is InChI=1S/C12H15NO4/c1-7-2-3-11(14)13(7)17-12(15)16-10-5-8-4-9(8)6-10/h8-10H,1-6H2/t8-,9+,10+. The molecule has 17 heavy (non-hydrogen) atoms. The smallest absolute Gasteiger partial charge is 0.429 e. The quantitative estimate of drug-likeness (QED) is 0.689. The van der Waals surface area contributed by atoms with Gasteiger partial charge in [0.05, 0.1) is 5.70 Å². The van der Waals surface area contributed by atoms with Gasteiger partial charge in [0.25, 0.3) is 5.91 Å². The number of carbonyl (C=O) groups excluding carboxylic acids is 2. The molecule has 0 aromatic rings. The fourth-order valence-electron chi connectivity index (χ4n) is 2.73. The second-order valence-electron chi connectivity index (χ2n) is 5.06. The zero-order valence-corrected chi connectivity index (χ0v) is 9.55. The minimum atomic E-state index is -0.785. The summed E-state index contributed by atoms with van der Waals surface area (Å²) >= 11 is 0. The predicted molar refractivity (Wildman–Crippen MR) is 57.4 cm³/mol. The van der Waals surface area contributed by atoms with Crippen LogP contribution in [-0.4, -0.2) is 23.2 Å². The van der Waals surface area contributed by atoms with Crippen molar-refractivity contribution in [2.45, 2.75) is 38.2 Å². The highest BCUT2D eigenvalue weighted by atomic mass is 16.8. The van der Waals surface area contributed by atoms with Gasteiger partial charge in [-0.2, -0.15) is 0 Å². The van der Waals surface area contributed by atoms with Gasteiger partial charge >= 0.3 is 6.16 Å². The van der Waals surface area contributed by atoms with E-state index >= 15 is 0 Å². The van der Waals surface area contributed by atoms with Crippen molar-refractivity contribution in [1.29, 1.82) is 0 Å². The van der Waals surface area contributed by atoms with Crippen LogP contribution in [-0.2, 0) is 14.4 Å². The highest BCUT2D eigenvalue weighted by molar-refractivity contribution is 5.81. The Morgan fingerprint density at radius 3 is 2.53 bits per heavy atom. The number of nitrogens with zero attached hydrogens (tertiary/aromatic N) is 1. The molecule has 1 amide bonds. The largest absolute Gasteiger partial charge is 0.534 e. The molecule has 5 nitrogen and oxygen atoms in total. The van der Waals surface area contributed by atoms with Gasteiger partial charge in [-0.15, -0.1) is 5.06 Å². The maximum Gasteiger partial charge on any atom is 0.534 e. The average molecular weight is 237 g/mol. The van der Waals surface area contributed by atoms with Crippen molar-refractivity contribution in [2.24, 2.45) is 11.8 Å². The normalized spacial score (nSPS) is 34.8. The molecule has 0 aromatic heterocycles. The van der Waals surface area contributed by atoms with Gasteiger partial charge in [0.2, 0.25) is 0 Å². The lowest BCUT2D eigenvalue weighted by molar-refractivity contribution is -0.159. The number of hydroxylamine groups is 2. The van der Waals surface area contributed by atoms with E-state index in [1.165, 1.54) is 6.42 Å². The number of rotatable bonds is 2. The fourth-order valence-corrected chi connectivity index (χ4v) is 2.73. The number of amides is 1. The minimum absolute atomic E-state index is 0.0304. The monoisotopic (exact) mass is 237 g/mol. The molecule has 1 heterocycles. The molecule has 3 atom stereocenters. The van der Waals surface area contributed by atoms with E-state index in [9.17, 15) is 9.59 Å². The summed E-state index contributed by atoms with van der Waals surface area (Å²) in [5.74, 6) is 1.26. The molecular weight excluding hydrogens is 222 g/mol. The molecule has 0 aromatic carbocycles. The van der Waals surface area contributed by atoms with Crippen molar-refractivity contribution in [2.75, 3.05) is 0 Å². The first kappa shape index (κ1) is 10.6. The highest BCUT2D eigenvalue weighted by Crippen LogP contribution is 2.52. The van der Waals surface area contributed by atoms with E-state index in [0.717, 1.165) is 29.7 Å². The van der Waals surface area contributed by atoms with Crippen LogP contribution in [0.25, 0.3) is 0 Å². The molecule has 1 saturated heterocycles. The molecule has 0 radical (unpaired) electrons. The Morgan fingerprint density at radius 1 is 1.24 bits per heavy atom. The molecule has 0 unspecified atom stereocenters. The first-order valence-corrected chi connectivity index (χ1v) is 6.03. The SMILES string of the molecule is C=C1CCC(=O)N1OC(=O)O[C@@H]1C[C@@H]2C[C@@H]2C1. The molecule has 0 spiro atoms. The van der Waals surface area contributed by atoms with Gasteiger partial charge in [-0.1, -0.05) is 6.58 Å². The summed E-state index contributed by atoms with van der Waals surface area (Å²) in [6, 6.07) is 0. The maximum atomic E-state index is 11.5. The summed E-state index contributed by atoms with van der Waals surface area (Å²) in [5, 5.41) is 0.956. The van der Waals surface area contributed by atoms with Crippen LogP contribution in [0.5, 0.6) is 0 Å². The molecule has 5 heteroatoms. The zero-order valence-electron chi connectivity index (χ0n) is 9.55. The second-order valence-corrected chi connectivity index (χ2v) is 5.06. The average Bonchev–Trinajstić information content (AvgIpc) is 2.78. The van der Waals surface area contributed by atoms with E-state index in [1.807, 2.05) is 0 Å². The maximum absolute atomic E-state index is 11.5. The molecule has 3 rings (SSSR count). The Kier molecular flexibility index (Phi) is 2.34. The molecule has 2 aliphatic carbocycles. The van der Waals surface area contributed by atoms with E-state index in [2.05, 4.69) is 6.58 Å². The molecule has 2 saturated carbocycles. The fraction of sp³-hybridized carbons (Fsp3) is 0.667. The van der Waals surface area contributed by atoms with Gasteiger partial charge in [-0.05, 0) is 37.5 Å². The number of hydrogen-bond acceptors (Lipinski definition) is 4. The van der Waals surface area contributed by atoms with E-state index in [0.29, 0.717) is 18.5 Å². The Bertz CT molecular complexity index is 366. The first-order chi connectivity index (χ1) is 8.13. The molecule has 0 bridgehead atoms. The van der Waals surface area contributed by atoms with Gasteiger partial charge in [0.1, 0.15) is 6.10 Å². The van der Waals surface area contributed by atoms with E-state index in [4.69, 9.17) is 9.57 Å². The number of allylic oxidation sites excluding steroid dienone is 1. The van der Waals surface area contributed by atoms with Crippen LogP contribution in [0.4, 0.5) is 4.79 Å². The van der Waals surface area contributed by atoms with Crippen molar-refractivity contribution < 1.29 is 19.2 Å². The van der Waals surface area contributed by atoms with Crippen molar-refractivity contribution in [3.05, 3.63) is 12.3 Å². The second kappa shape index (κ2) is 3.75. The number of ether oxygens (including phenoxy) is 1. The van der Waals surface area contributed by atoms with Crippen LogP contribution in [0.2, 0.25) is 0 Å². The summed E-state index contributed by atoms with van der Waals surface area (Å²) in [6.45, 7) is 3.66. The van der Waals surface area contributed by atoms with Crippen LogP contribution >= 0.6 is 0 Å². The topological polar surface area (TPSA) is 55.8 Å². The van der Waals surface area contributed by atoms with Crippen molar-refractivity contribution in [3.8, 4) is 0 Å². The minimum Gasteiger partial charge on any atom is -0.429 e. The summed E-state index contributed by atoms with van der Waals surface area (Å²) < 4.78 is 5.17. The van der Waals surface area contributed by atoms with Crippen molar-refractivity contribution in [1.82, 2.24) is 5.06 Å². The molecule has 1 aliphatic heterocycles. The van der Waals surface area contributed by atoms with Gasteiger partial charge in [0, 0.05) is 6.42 Å². The van der Waals surface area contributed by atoms with Crippen LogP contribution < -0.4 is 0 Å². The third kappa shape index (κ3) is 2.01. The Hall–Kier alpha value is -1.52. The summed E-state index contributed by atoms with van der Waals surface area (Å²) in [6.07, 6.45) is 3.23. The van der Waals surface area contributed by atoms with Gasteiger partial charge < -0.3 is 4.74 Å². The van der Waals surface area contributed by atoms with Gasteiger partial charge in [-0.3, -0.25) is 9.63 Å². The third-order valence-electron chi connectivity index (χ3n) is 3.77. The summed E-state index contributed by atoms with van der Waals surface area (Å²) in [7, 11) is 0. The number of fused-ring (bicyclic) bond motifs is 1. The molecule has 3 fully saturated rings. The highest BCUT2D eigenvalue weighted by Gasteiger charge is 2.47. The summed E-state index contributed by atoms with van der Waals surface area (Å²) in [4.78, 5) is 27.7. The third-order valence-corrected chi connectivity index (χ3v) is 3.77. The number of hydrogen-bond donors (Lipinski definition) is 0. The molecule has 3 aliphatic rings. The van der Waals surface area contributed by atoms with Gasteiger partial charge in [0.15, 0.2) is 0 Å². The van der Waals surface area contributed by atoms with E-state index in [-0.39, 0.29) is 12.0 Å². The Morgan fingerprint density at radius 2 is 1.94 bits per heavy atom. The molecule has 0 N–H and O–H groups in total. The molecular formula is C12H15NO4. The van der Waals surface area contributed by atoms with Crippen LogP contribution in [0.15, 0.2) is 12.3 Å².